The summed E-state index contributed by atoms with van der Waals surface area (Å²) in [5, 5.41) is 0. The van der Waals surface area contributed by atoms with Crippen molar-refractivity contribution in [3.8, 4) is 0 Å². The van der Waals surface area contributed by atoms with E-state index in [0.29, 0.717) is 6.42 Å². The van der Waals surface area contributed by atoms with Crippen molar-refractivity contribution < 1.29 is 23.6 Å². The summed E-state index contributed by atoms with van der Waals surface area (Å²) in [5.41, 5.74) is -0.423. The molecule has 0 aromatic rings. The van der Waals surface area contributed by atoms with Gasteiger partial charge in [0, 0.05) is 13.5 Å². The first-order chi connectivity index (χ1) is 8.06. The molecule has 0 saturated carbocycles. The highest BCUT2D eigenvalue weighted by atomic mass is 31.1. The molecule has 0 amide bonds. The van der Waals surface area contributed by atoms with Crippen LogP contribution in [0.2, 0.25) is 0 Å². The summed E-state index contributed by atoms with van der Waals surface area (Å²) in [6.07, 6.45) is 2.35. The molecule has 0 fully saturated rings. The van der Waals surface area contributed by atoms with Crippen LogP contribution in [0.25, 0.3) is 0 Å². The molecular formula is C11H20O5P+. The molecular weight excluding hydrogens is 243 g/mol. The van der Waals surface area contributed by atoms with Crippen LogP contribution in [0, 0.1) is 0 Å². The van der Waals surface area contributed by atoms with E-state index < -0.39 is 25.1 Å². The Labute approximate surface area is 103 Å². The van der Waals surface area contributed by atoms with Crippen molar-refractivity contribution in [3.63, 3.8) is 0 Å². The maximum atomic E-state index is 11.8. The summed E-state index contributed by atoms with van der Waals surface area (Å²) in [6.45, 7) is 2.01. The first kappa shape index (κ1) is 16.2. The van der Waals surface area contributed by atoms with E-state index in [2.05, 4.69) is 4.74 Å². The van der Waals surface area contributed by atoms with Gasteiger partial charge < -0.3 is 9.47 Å². The Kier molecular flexibility index (Phi) is 8.82. The number of hydrogen-bond acceptors (Lipinski definition) is 5. The Morgan fingerprint density at radius 2 is 1.88 bits per heavy atom. The van der Waals surface area contributed by atoms with Gasteiger partial charge in [-0.3, -0.25) is 4.79 Å². The van der Waals surface area contributed by atoms with E-state index in [0.717, 1.165) is 12.8 Å². The number of ether oxygens (including phenoxy) is 2. The maximum absolute atomic E-state index is 11.8. The first-order valence-corrected chi connectivity index (χ1v) is 6.98. The molecule has 5 nitrogen and oxygen atoms in total. The number of hydrogen-bond donors (Lipinski definition) is 0. The van der Waals surface area contributed by atoms with Crippen molar-refractivity contribution in [1.29, 1.82) is 0 Å². The average Bonchev–Trinajstić information content (AvgIpc) is 2.35. The molecule has 0 aliphatic carbocycles. The largest absolute Gasteiger partial charge is 0.469 e. The molecule has 0 bridgehead atoms. The number of esters is 1. The Morgan fingerprint density at radius 3 is 2.35 bits per heavy atom. The molecule has 0 aromatic carbocycles. The zero-order valence-corrected chi connectivity index (χ0v) is 11.5. The normalized spacial score (nSPS) is 13.0. The van der Waals surface area contributed by atoms with Gasteiger partial charge in [0.15, 0.2) is 0 Å². The van der Waals surface area contributed by atoms with E-state index in [1.807, 2.05) is 6.92 Å². The quantitative estimate of drug-likeness (QED) is 0.472. The van der Waals surface area contributed by atoms with Gasteiger partial charge in [-0.1, -0.05) is 17.9 Å². The van der Waals surface area contributed by atoms with Crippen LogP contribution in [-0.2, 0) is 23.6 Å². The Morgan fingerprint density at radius 1 is 1.24 bits per heavy atom. The summed E-state index contributed by atoms with van der Waals surface area (Å²) in [6, 6.07) is 0. The Balaban J connectivity index is 4.16. The van der Waals surface area contributed by atoms with Gasteiger partial charge in [-0.25, -0.2) is 4.79 Å². The minimum absolute atomic E-state index is 0.0272. The third kappa shape index (κ3) is 6.49. The van der Waals surface area contributed by atoms with Gasteiger partial charge in [0.05, 0.1) is 20.0 Å². The summed E-state index contributed by atoms with van der Waals surface area (Å²) in [7, 11) is 0.630. The zero-order valence-electron chi connectivity index (χ0n) is 10.6. The van der Waals surface area contributed by atoms with Gasteiger partial charge in [-0.2, -0.15) is 0 Å². The van der Waals surface area contributed by atoms with Crippen LogP contribution in [0.1, 0.15) is 39.0 Å². The monoisotopic (exact) mass is 263 g/mol. The highest BCUT2D eigenvalue weighted by molar-refractivity contribution is 7.64. The minimum Gasteiger partial charge on any atom is -0.469 e. The highest BCUT2D eigenvalue weighted by Crippen LogP contribution is 2.34. The topological polar surface area (TPSA) is 69.7 Å². The van der Waals surface area contributed by atoms with E-state index in [1.165, 1.54) is 14.2 Å². The van der Waals surface area contributed by atoms with Crippen molar-refractivity contribution in [2.45, 2.75) is 44.9 Å². The molecule has 6 heteroatoms. The number of methoxy groups -OCH3 is 2. The molecule has 17 heavy (non-hydrogen) atoms. The fourth-order valence-electron chi connectivity index (χ4n) is 1.29. The number of unbranched alkanes of at least 4 members (excludes halogenated alkanes) is 1. The van der Waals surface area contributed by atoms with E-state index in [4.69, 9.17) is 4.74 Å². The van der Waals surface area contributed by atoms with E-state index >= 15 is 0 Å². The van der Waals surface area contributed by atoms with Gasteiger partial charge in [0.1, 0.15) is 0 Å². The lowest BCUT2D eigenvalue weighted by atomic mass is 10.3. The number of carbonyl (C=O) groups is 2. The molecule has 0 saturated heterocycles. The van der Waals surface area contributed by atoms with E-state index in [-0.39, 0.29) is 12.8 Å². The summed E-state index contributed by atoms with van der Waals surface area (Å²) >= 11 is 0. The van der Waals surface area contributed by atoms with Crippen LogP contribution in [0.3, 0.4) is 0 Å². The fraction of sp³-hybridized carbons (Fsp3) is 0.818. The van der Waals surface area contributed by atoms with Crippen LogP contribution < -0.4 is 0 Å². The molecule has 2 unspecified atom stereocenters. The second-order valence-electron chi connectivity index (χ2n) is 3.63. The molecule has 0 heterocycles. The molecule has 0 radical (unpaired) electrons. The standard InChI is InChI=1S/C11H20O5P/c1-4-5-6-11(16-3)17(14)10(13)8-7-9(12)15-2/h11H,4-8H2,1-3H3/q+1. The highest BCUT2D eigenvalue weighted by Gasteiger charge is 2.37. The second-order valence-corrected chi connectivity index (χ2v) is 5.35. The lowest BCUT2D eigenvalue weighted by Gasteiger charge is -2.03. The second kappa shape index (κ2) is 9.25. The predicted molar refractivity (Wildman–Crippen MR) is 64.2 cm³/mol. The van der Waals surface area contributed by atoms with Crippen LogP contribution in [0.5, 0.6) is 0 Å². The van der Waals surface area contributed by atoms with Gasteiger partial charge in [-0.15, -0.1) is 0 Å². The molecule has 0 spiro atoms. The fourth-order valence-corrected chi connectivity index (χ4v) is 2.55. The molecule has 98 valence electrons. The predicted octanol–water partition coefficient (Wildman–Crippen LogP) is 2.46. The first-order valence-electron chi connectivity index (χ1n) is 5.65. The van der Waals surface area contributed by atoms with E-state index in [9.17, 15) is 14.2 Å². The van der Waals surface area contributed by atoms with Crippen molar-refractivity contribution in [3.05, 3.63) is 0 Å². The Hall–Kier alpha value is -0.800. The molecule has 0 aliphatic rings. The summed E-state index contributed by atoms with van der Waals surface area (Å²) in [5.74, 6) is -1.00. The van der Waals surface area contributed by atoms with Crippen LogP contribution in [-0.4, -0.2) is 31.6 Å². The van der Waals surface area contributed by atoms with Crippen molar-refractivity contribution in [1.82, 2.24) is 0 Å². The third-order valence-electron chi connectivity index (χ3n) is 2.35. The summed E-state index contributed by atoms with van der Waals surface area (Å²) in [4.78, 5) is 22.4. The lowest BCUT2D eigenvalue weighted by molar-refractivity contribution is -0.141. The maximum Gasteiger partial charge on any atom is 0.446 e. The van der Waals surface area contributed by atoms with Gasteiger partial charge >= 0.3 is 19.3 Å². The third-order valence-corrected chi connectivity index (χ3v) is 4.06. The smallest absolute Gasteiger partial charge is 0.446 e. The lowest BCUT2D eigenvalue weighted by Crippen LogP contribution is -2.11. The Bertz CT molecular complexity index is 277. The zero-order chi connectivity index (χ0) is 13.3. The number of rotatable bonds is 9. The molecule has 2 atom stereocenters. The average molecular weight is 263 g/mol. The van der Waals surface area contributed by atoms with Crippen LogP contribution >= 0.6 is 7.80 Å². The number of carbonyl (C=O) groups excluding carboxylic acids is 2. The molecule has 0 aliphatic heterocycles. The van der Waals surface area contributed by atoms with Crippen molar-refractivity contribution >= 4 is 19.3 Å². The van der Waals surface area contributed by atoms with Crippen LogP contribution in [0.15, 0.2) is 0 Å². The molecule has 0 rings (SSSR count). The van der Waals surface area contributed by atoms with Crippen LogP contribution in [0.4, 0.5) is 0 Å². The molecule has 0 N–H and O–H groups in total. The van der Waals surface area contributed by atoms with Crippen molar-refractivity contribution in [2.75, 3.05) is 14.2 Å². The van der Waals surface area contributed by atoms with Gasteiger partial charge in [-0.05, 0) is 6.42 Å². The van der Waals surface area contributed by atoms with Gasteiger partial charge in [0.2, 0.25) is 0 Å². The van der Waals surface area contributed by atoms with Gasteiger partial charge in [0.25, 0.3) is 5.85 Å². The minimum atomic E-state index is -2.07. The molecule has 0 aromatic heterocycles. The SMILES string of the molecule is CCCCC(OC)[P+](=O)C(=O)CCC(=O)OC. The van der Waals surface area contributed by atoms with Crippen molar-refractivity contribution in [2.24, 2.45) is 0 Å². The van der Waals surface area contributed by atoms with E-state index in [1.54, 1.807) is 0 Å². The summed E-state index contributed by atoms with van der Waals surface area (Å²) < 4.78 is 21.3.